The molecule has 0 bridgehead atoms. The molecule has 0 aromatic carbocycles. The molecule has 1 atom stereocenters. The normalized spacial score (nSPS) is 11.7. The molecule has 1 rings (SSSR count). The maximum Gasteiger partial charge on any atom is 0.270 e. The summed E-state index contributed by atoms with van der Waals surface area (Å²) in [5, 5.41) is 5.50. The van der Waals surface area contributed by atoms with Crippen molar-refractivity contribution in [1.29, 1.82) is 0 Å². The van der Waals surface area contributed by atoms with Crippen LogP contribution in [0.1, 0.15) is 22.4 Å². The summed E-state index contributed by atoms with van der Waals surface area (Å²) in [5.74, 6) is 0.165. The maximum absolute atomic E-state index is 11.7. The second kappa shape index (κ2) is 9.27. The number of hydrogen-bond donors (Lipinski definition) is 2. The van der Waals surface area contributed by atoms with Gasteiger partial charge in [-0.15, -0.1) is 23.7 Å². The van der Waals surface area contributed by atoms with Crippen molar-refractivity contribution in [3.05, 3.63) is 16.1 Å². The van der Waals surface area contributed by atoms with Gasteiger partial charge in [-0.3, -0.25) is 4.79 Å². The van der Waals surface area contributed by atoms with Crippen LogP contribution in [0.4, 0.5) is 0 Å². The van der Waals surface area contributed by atoms with E-state index in [0.717, 1.165) is 11.4 Å². The molecule has 5 nitrogen and oxygen atoms in total. The molecule has 3 N–H and O–H groups in total. The Morgan fingerprint density at radius 1 is 1.67 bits per heavy atom. The maximum atomic E-state index is 11.7. The van der Waals surface area contributed by atoms with Gasteiger partial charge in [0.2, 0.25) is 0 Å². The molecule has 0 fully saturated rings. The van der Waals surface area contributed by atoms with Crippen molar-refractivity contribution in [1.82, 2.24) is 10.3 Å². The second-order valence-electron chi connectivity index (χ2n) is 3.94. The fourth-order valence-electron chi connectivity index (χ4n) is 1.35. The Hall–Kier alpha value is -0.690. The number of ether oxygens (including phenoxy) is 1. The number of nitrogens with one attached hydrogen (secondary N) is 1. The number of carbonyl (C=O) groups excluding carboxylic acids is 1. The number of thiazole rings is 1. The number of amides is 1. The zero-order valence-electron chi connectivity index (χ0n) is 10.6. The van der Waals surface area contributed by atoms with Gasteiger partial charge in [0.1, 0.15) is 5.69 Å². The topological polar surface area (TPSA) is 77.2 Å². The summed E-state index contributed by atoms with van der Waals surface area (Å²) in [4.78, 5) is 16.0. The molecule has 1 amide bonds. The van der Waals surface area contributed by atoms with Crippen molar-refractivity contribution in [2.45, 2.75) is 13.3 Å². The average Bonchev–Trinajstić information content (AvgIpc) is 2.75. The predicted octanol–water partition coefficient (Wildman–Crippen LogP) is 1.08. The van der Waals surface area contributed by atoms with Gasteiger partial charge in [-0.05, 0) is 12.5 Å². The molecule has 0 saturated carbocycles. The Labute approximate surface area is 118 Å². The molecule has 0 saturated heterocycles. The fraction of sp³-hybridized carbons (Fsp3) is 0.636. The van der Waals surface area contributed by atoms with E-state index in [1.807, 2.05) is 6.92 Å². The van der Waals surface area contributed by atoms with E-state index >= 15 is 0 Å². The first-order valence-corrected chi connectivity index (χ1v) is 6.47. The number of nitrogens with zero attached hydrogens (tertiary/aromatic N) is 1. The van der Waals surface area contributed by atoms with Crippen LogP contribution in [0.3, 0.4) is 0 Å². The number of nitrogens with two attached hydrogens (primary N) is 1. The summed E-state index contributed by atoms with van der Waals surface area (Å²) < 4.78 is 5.00. The molecule has 1 unspecified atom stereocenters. The van der Waals surface area contributed by atoms with Crippen LogP contribution in [0.2, 0.25) is 0 Å². The van der Waals surface area contributed by atoms with Crippen molar-refractivity contribution in [2.75, 3.05) is 26.8 Å². The summed E-state index contributed by atoms with van der Waals surface area (Å²) in [5.41, 5.74) is 5.90. The summed E-state index contributed by atoms with van der Waals surface area (Å²) in [6.45, 7) is 3.80. The van der Waals surface area contributed by atoms with E-state index in [9.17, 15) is 4.79 Å². The first kappa shape index (κ1) is 17.3. The minimum atomic E-state index is -0.132. The molecule has 1 aromatic heterocycles. The zero-order chi connectivity index (χ0) is 12.7. The molecule has 18 heavy (non-hydrogen) atoms. The molecular formula is C11H20ClN3O2S. The highest BCUT2D eigenvalue weighted by Crippen LogP contribution is 2.09. The quantitative estimate of drug-likeness (QED) is 0.788. The molecule has 104 valence electrons. The predicted molar refractivity (Wildman–Crippen MR) is 75.5 cm³/mol. The average molecular weight is 294 g/mol. The van der Waals surface area contributed by atoms with E-state index in [1.165, 1.54) is 11.3 Å². The van der Waals surface area contributed by atoms with Crippen molar-refractivity contribution in [3.8, 4) is 0 Å². The molecule has 0 aliphatic heterocycles. The molecule has 0 aliphatic rings. The Morgan fingerprint density at radius 2 is 2.39 bits per heavy atom. The lowest BCUT2D eigenvalue weighted by atomic mass is 10.2. The van der Waals surface area contributed by atoms with E-state index in [-0.39, 0.29) is 18.3 Å². The van der Waals surface area contributed by atoms with Gasteiger partial charge in [-0.2, -0.15) is 0 Å². The first-order valence-electron chi connectivity index (χ1n) is 5.59. The van der Waals surface area contributed by atoms with Crippen LogP contribution >= 0.6 is 23.7 Å². The van der Waals surface area contributed by atoms with Crippen LogP contribution in [0.15, 0.2) is 5.38 Å². The minimum absolute atomic E-state index is 0. The fourth-order valence-corrected chi connectivity index (χ4v) is 2.15. The van der Waals surface area contributed by atoms with Crippen molar-refractivity contribution in [2.24, 2.45) is 11.7 Å². The summed E-state index contributed by atoms with van der Waals surface area (Å²) in [7, 11) is 1.65. The van der Waals surface area contributed by atoms with Gasteiger partial charge in [0.25, 0.3) is 5.91 Å². The van der Waals surface area contributed by atoms with E-state index in [1.54, 1.807) is 12.5 Å². The van der Waals surface area contributed by atoms with Gasteiger partial charge in [-0.25, -0.2) is 4.98 Å². The van der Waals surface area contributed by atoms with E-state index in [4.69, 9.17) is 10.5 Å². The van der Waals surface area contributed by atoms with Gasteiger partial charge >= 0.3 is 0 Å². The SMILES string of the molecule is COCC(C)CNC(=O)c1csc(CCN)n1.Cl. The largest absolute Gasteiger partial charge is 0.384 e. The third-order valence-corrected chi connectivity index (χ3v) is 3.11. The van der Waals surface area contributed by atoms with Crippen molar-refractivity contribution < 1.29 is 9.53 Å². The van der Waals surface area contributed by atoms with Crippen LogP contribution in [-0.4, -0.2) is 37.7 Å². The number of carbonyl (C=O) groups is 1. The Kier molecular flexibility index (Phi) is 8.91. The smallest absolute Gasteiger partial charge is 0.270 e. The van der Waals surface area contributed by atoms with Crippen LogP contribution in [0, 0.1) is 5.92 Å². The lowest BCUT2D eigenvalue weighted by Gasteiger charge is -2.10. The Morgan fingerprint density at radius 3 is 3.00 bits per heavy atom. The summed E-state index contributed by atoms with van der Waals surface area (Å²) >= 11 is 1.47. The zero-order valence-corrected chi connectivity index (χ0v) is 12.3. The van der Waals surface area contributed by atoms with Crippen molar-refractivity contribution >= 4 is 29.7 Å². The lowest BCUT2D eigenvalue weighted by molar-refractivity contribution is 0.0929. The number of hydrogen-bond acceptors (Lipinski definition) is 5. The number of methoxy groups -OCH3 is 1. The van der Waals surface area contributed by atoms with E-state index in [2.05, 4.69) is 10.3 Å². The Balaban J connectivity index is 0.00000289. The van der Waals surface area contributed by atoms with Crippen LogP contribution in [0.5, 0.6) is 0 Å². The molecule has 0 radical (unpaired) electrons. The van der Waals surface area contributed by atoms with Gasteiger partial charge < -0.3 is 15.8 Å². The highest BCUT2D eigenvalue weighted by atomic mass is 35.5. The van der Waals surface area contributed by atoms with Crippen LogP contribution in [0.25, 0.3) is 0 Å². The molecular weight excluding hydrogens is 274 g/mol. The van der Waals surface area contributed by atoms with Gasteiger partial charge in [0.15, 0.2) is 0 Å². The third-order valence-electron chi connectivity index (χ3n) is 2.20. The molecule has 0 spiro atoms. The lowest BCUT2D eigenvalue weighted by Crippen LogP contribution is -2.30. The van der Waals surface area contributed by atoms with Crippen LogP contribution < -0.4 is 11.1 Å². The van der Waals surface area contributed by atoms with Crippen LogP contribution in [-0.2, 0) is 11.2 Å². The van der Waals surface area contributed by atoms with Gasteiger partial charge in [-0.1, -0.05) is 6.92 Å². The van der Waals surface area contributed by atoms with Crippen molar-refractivity contribution in [3.63, 3.8) is 0 Å². The monoisotopic (exact) mass is 293 g/mol. The Bertz CT molecular complexity index is 360. The summed E-state index contributed by atoms with van der Waals surface area (Å²) in [6.07, 6.45) is 0.720. The van der Waals surface area contributed by atoms with Gasteiger partial charge in [0, 0.05) is 25.5 Å². The van der Waals surface area contributed by atoms with Gasteiger partial charge in [0.05, 0.1) is 11.6 Å². The van der Waals surface area contributed by atoms with E-state index < -0.39 is 0 Å². The standard InChI is InChI=1S/C11H19N3O2S.ClH/c1-8(6-16-2)5-13-11(15)9-7-17-10(14-9)3-4-12;/h7-8H,3-6,12H2,1-2H3,(H,13,15);1H. The highest BCUT2D eigenvalue weighted by Gasteiger charge is 2.11. The molecule has 7 heteroatoms. The molecule has 0 aliphatic carbocycles. The molecule has 1 aromatic rings. The second-order valence-corrected chi connectivity index (χ2v) is 4.88. The van der Waals surface area contributed by atoms with E-state index in [0.29, 0.717) is 31.3 Å². The third kappa shape index (κ3) is 5.77. The molecule has 1 heterocycles. The number of rotatable bonds is 7. The number of aromatic nitrogens is 1. The first-order chi connectivity index (χ1) is 8.17. The highest BCUT2D eigenvalue weighted by molar-refractivity contribution is 7.09. The summed E-state index contributed by atoms with van der Waals surface area (Å²) in [6, 6.07) is 0. The minimum Gasteiger partial charge on any atom is -0.384 e. The number of halogens is 1.